The van der Waals surface area contributed by atoms with Gasteiger partial charge in [0.1, 0.15) is 0 Å². The van der Waals surface area contributed by atoms with Crippen LogP contribution in [0.1, 0.15) is 24.8 Å². The molecule has 1 amide bonds. The Morgan fingerprint density at radius 1 is 1.11 bits per heavy atom. The van der Waals surface area contributed by atoms with E-state index in [9.17, 15) is 4.79 Å². The highest BCUT2D eigenvalue weighted by atomic mass is 16.2. The summed E-state index contributed by atoms with van der Waals surface area (Å²) in [6.45, 7) is 3.89. The minimum absolute atomic E-state index is 0.323. The molecule has 0 spiro atoms. The number of aryl methyl sites for hydroxylation is 1. The molecule has 0 atom stereocenters. The van der Waals surface area contributed by atoms with Crippen LogP contribution in [0.3, 0.4) is 0 Å². The van der Waals surface area contributed by atoms with E-state index in [-0.39, 0.29) is 0 Å². The number of fused-ring (bicyclic) bond motifs is 1. The fourth-order valence-corrected chi connectivity index (χ4v) is 2.80. The van der Waals surface area contributed by atoms with Gasteiger partial charge in [-0.1, -0.05) is 18.2 Å². The summed E-state index contributed by atoms with van der Waals surface area (Å²) in [5, 5.41) is 0. The second-order valence-corrected chi connectivity index (χ2v) is 5.20. The van der Waals surface area contributed by atoms with Gasteiger partial charge in [-0.25, -0.2) is 0 Å². The number of benzene rings is 1. The predicted octanol–water partition coefficient (Wildman–Crippen LogP) is 2.06. The number of anilines is 1. The summed E-state index contributed by atoms with van der Waals surface area (Å²) in [6.07, 6.45) is 4.22. The Morgan fingerprint density at radius 2 is 1.94 bits per heavy atom. The SMILES string of the molecule is O=C(CCN1CCCc2ccccc21)N1CCC1. The first kappa shape index (κ1) is 11.6. The molecule has 0 bridgehead atoms. The van der Waals surface area contributed by atoms with Gasteiger partial charge in [-0.15, -0.1) is 0 Å². The maximum Gasteiger partial charge on any atom is 0.224 e. The number of para-hydroxylation sites is 1. The first-order chi connectivity index (χ1) is 8.84. The van der Waals surface area contributed by atoms with Crippen molar-refractivity contribution >= 4 is 11.6 Å². The van der Waals surface area contributed by atoms with E-state index < -0.39 is 0 Å². The van der Waals surface area contributed by atoms with Gasteiger partial charge in [0.05, 0.1) is 0 Å². The second kappa shape index (κ2) is 5.01. The van der Waals surface area contributed by atoms with Crippen LogP contribution < -0.4 is 4.90 Å². The average molecular weight is 244 g/mol. The summed E-state index contributed by atoms with van der Waals surface area (Å²) in [7, 11) is 0. The predicted molar refractivity (Wildman–Crippen MR) is 72.8 cm³/mol. The van der Waals surface area contributed by atoms with Gasteiger partial charge < -0.3 is 9.80 Å². The molecule has 3 rings (SSSR count). The van der Waals surface area contributed by atoms with E-state index in [0.717, 1.165) is 26.2 Å². The number of likely N-dealkylation sites (tertiary alicyclic amines) is 1. The number of nitrogens with zero attached hydrogens (tertiary/aromatic N) is 2. The van der Waals surface area contributed by atoms with Crippen molar-refractivity contribution in [3.05, 3.63) is 29.8 Å². The standard InChI is InChI=1S/C15H20N2O/c18-15(17-10-4-11-17)8-12-16-9-3-6-13-5-1-2-7-14(13)16/h1-2,5,7H,3-4,6,8-12H2. The number of carbonyl (C=O) groups is 1. The van der Waals surface area contributed by atoms with Gasteiger partial charge in [0, 0.05) is 38.3 Å². The van der Waals surface area contributed by atoms with Crippen molar-refractivity contribution in [3.8, 4) is 0 Å². The Balaban J connectivity index is 1.61. The summed E-state index contributed by atoms with van der Waals surface area (Å²) in [5.74, 6) is 0.323. The highest BCUT2D eigenvalue weighted by molar-refractivity contribution is 5.77. The summed E-state index contributed by atoms with van der Waals surface area (Å²) in [6, 6.07) is 8.59. The molecular formula is C15H20N2O. The van der Waals surface area contributed by atoms with Crippen LogP contribution >= 0.6 is 0 Å². The third-order valence-corrected chi connectivity index (χ3v) is 4.01. The maximum atomic E-state index is 11.9. The molecule has 0 unspecified atom stereocenters. The van der Waals surface area contributed by atoms with E-state index >= 15 is 0 Å². The summed E-state index contributed by atoms with van der Waals surface area (Å²) < 4.78 is 0. The smallest absolute Gasteiger partial charge is 0.224 e. The van der Waals surface area contributed by atoms with Crippen molar-refractivity contribution < 1.29 is 4.79 Å². The first-order valence-corrected chi connectivity index (χ1v) is 6.95. The van der Waals surface area contributed by atoms with Gasteiger partial charge in [0.15, 0.2) is 0 Å². The van der Waals surface area contributed by atoms with Crippen molar-refractivity contribution in [1.29, 1.82) is 0 Å². The van der Waals surface area contributed by atoms with Crippen LogP contribution in [0.2, 0.25) is 0 Å². The number of rotatable bonds is 3. The minimum Gasteiger partial charge on any atom is -0.371 e. The van der Waals surface area contributed by atoms with E-state index in [2.05, 4.69) is 29.2 Å². The lowest BCUT2D eigenvalue weighted by atomic mass is 10.0. The Bertz CT molecular complexity index is 440. The fraction of sp³-hybridized carbons (Fsp3) is 0.533. The van der Waals surface area contributed by atoms with Crippen molar-refractivity contribution in [2.75, 3.05) is 31.1 Å². The molecular weight excluding hydrogens is 224 g/mol. The third kappa shape index (κ3) is 2.22. The Morgan fingerprint density at radius 3 is 2.72 bits per heavy atom. The normalized spacial score (nSPS) is 18.2. The Labute approximate surface area is 108 Å². The lowest BCUT2D eigenvalue weighted by Crippen LogP contribution is -2.43. The van der Waals surface area contributed by atoms with Gasteiger partial charge in [0.25, 0.3) is 0 Å². The summed E-state index contributed by atoms with van der Waals surface area (Å²) >= 11 is 0. The summed E-state index contributed by atoms with van der Waals surface area (Å²) in [5.41, 5.74) is 2.76. The average Bonchev–Trinajstić information content (AvgIpc) is 2.34. The van der Waals surface area contributed by atoms with Crippen LogP contribution in [-0.2, 0) is 11.2 Å². The van der Waals surface area contributed by atoms with Gasteiger partial charge in [-0.3, -0.25) is 4.79 Å². The van der Waals surface area contributed by atoms with Crippen LogP contribution in [0, 0.1) is 0 Å². The number of hydrogen-bond donors (Lipinski definition) is 0. The lowest BCUT2D eigenvalue weighted by molar-refractivity contribution is -0.134. The molecule has 3 nitrogen and oxygen atoms in total. The molecule has 0 radical (unpaired) electrons. The zero-order chi connectivity index (χ0) is 12.4. The monoisotopic (exact) mass is 244 g/mol. The minimum atomic E-state index is 0.323. The van der Waals surface area contributed by atoms with E-state index in [1.54, 1.807) is 0 Å². The van der Waals surface area contributed by atoms with E-state index in [1.165, 1.54) is 30.5 Å². The molecule has 1 saturated heterocycles. The number of hydrogen-bond acceptors (Lipinski definition) is 2. The van der Waals surface area contributed by atoms with Crippen LogP contribution in [-0.4, -0.2) is 37.0 Å². The molecule has 1 aromatic carbocycles. The molecule has 1 fully saturated rings. The lowest BCUT2D eigenvalue weighted by Gasteiger charge is -2.34. The quantitative estimate of drug-likeness (QED) is 0.812. The molecule has 18 heavy (non-hydrogen) atoms. The van der Waals surface area contributed by atoms with Crippen LogP contribution in [0.25, 0.3) is 0 Å². The van der Waals surface area contributed by atoms with Crippen molar-refractivity contribution in [2.24, 2.45) is 0 Å². The molecule has 0 aliphatic carbocycles. The molecule has 0 saturated carbocycles. The zero-order valence-corrected chi connectivity index (χ0v) is 10.8. The molecule has 96 valence electrons. The highest BCUT2D eigenvalue weighted by Gasteiger charge is 2.22. The number of carbonyl (C=O) groups excluding carboxylic acids is 1. The Kier molecular flexibility index (Phi) is 3.22. The fourth-order valence-electron chi connectivity index (χ4n) is 2.80. The topological polar surface area (TPSA) is 23.6 Å². The molecule has 2 aliphatic rings. The van der Waals surface area contributed by atoms with Gasteiger partial charge in [-0.05, 0) is 30.9 Å². The molecule has 0 N–H and O–H groups in total. The van der Waals surface area contributed by atoms with Crippen LogP contribution in [0.15, 0.2) is 24.3 Å². The van der Waals surface area contributed by atoms with Crippen LogP contribution in [0.4, 0.5) is 5.69 Å². The zero-order valence-electron chi connectivity index (χ0n) is 10.8. The van der Waals surface area contributed by atoms with Crippen LogP contribution in [0.5, 0.6) is 0 Å². The third-order valence-electron chi connectivity index (χ3n) is 4.01. The highest BCUT2D eigenvalue weighted by Crippen LogP contribution is 2.26. The molecule has 3 heteroatoms. The van der Waals surface area contributed by atoms with Gasteiger partial charge in [0.2, 0.25) is 5.91 Å². The molecule has 0 aromatic heterocycles. The maximum absolute atomic E-state index is 11.9. The Hall–Kier alpha value is -1.51. The summed E-state index contributed by atoms with van der Waals surface area (Å²) in [4.78, 5) is 16.2. The number of amides is 1. The van der Waals surface area contributed by atoms with E-state index in [4.69, 9.17) is 0 Å². The van der Waals surface area contributed by atoms with E-state index in [0.29, 0.717) is 12.3 Å². The van der Waals surface area contributed by atoms with Crippen molar-refractivity contribution in [1.82, 2.24) is 4.90 Å². The molecule has 1 aromatic rings. The van der Waals surface area contributed by atoms with Gasteiger partial charge >= 0.3 is 0 Å². The van der Waals surface area contributed by atoms with Gasteiger partial charge in [-0.2, -0.15) is 0 Å². The van der Waals surface area contributed by atoms with Crippen molar-refractivity contribution in [2.45, 2.75) is 25.7 Å². The van der Waals surface area contributed by atoms with E-state index in [1.807, 2.05) is 4.90 Å². The second-order valence-electron chi connectivity index (χ2n) is 5.20. The molecule has 2 aliphatic heterocycles. The first-order valence-electron chi connectivity index (χ1n) is 6.95. The van der Waals surface area contributed by atoms with Crippen molar-refractivity contribution in [3.63, 3.8) is 0 Å². The largest absolute Gasteiger partial charge is 0.371 e. The molecule has 2 heterocycles.